The van der Waals surface area contributed by atoms with Gasteiger partial charge in [0.2, 0.25) is 5.91 Å². The number of anilines is 1. The van der Waals surface area contributed by atoms with Gasteiger partial charge in [-0.05, 0) is 55.8 Å². The average molecular weight is 575 g/mol. The molecule has 1 aromatic carbocycles. The average Bonchev–Trinajstić information content (AvgIpc) is 3.61. The summed E-state index contributed by atoms with van der Waals surface area (Å²) in [7, 11) is -3.71. The van der Waals surface area contributed by atoms with Crippen LogP contribution in [0, 0.1) is 0 Å². The van der Waals surface area contributed by atoms with E-state index >= 15 is 0 Å². The molecule has 4 rings (SSSR count). The third-order valence-electron chi connectivity index (χ3n) is 6.17. The van der Waals surface area contributed by atoms with Gasteiger partial charge in [0.15, 0.2) is 5.13 Å². The lowest BCUT2D eigenvalue weighted by Crippen LogP contribution is -2.49. The highest BCUT2D eigenvalue weighted by molar-refractivity contribution is 7.98. The highest BCUT2D eigenvalue weighted by Gasteiger charge is 2.42. The Bertz CT molecular complexity index is 1230. The second-order valence-electron chi connectivity index (χ2n) is 8.03. The van der Waals surface area contributed by atoms with Gasteiger partial charge in [0, 0.05) is 24.5 Å². The van der Waals surface area contributed by atoms with Crippen molar-refractivity contribution < 1.29 is 13.2 Å². The van der Waals surface area contributed by atoms with Crippen LogP contribution < -0.4 is 4.90 Å². The Morgan fingerprint density at radius 2 is 1.97 bits per heavy atom. The number of halogens is 1. The lowest BCUT2D eigenvalue weighted by molar-refractivity contribution is -0.121. The van der Waals surface area contributed by atoms with E-state index in [4.69, 9.17) is 4.98 Å². The number of sulfonamides is 1. The molecule has 12 heteroatoms. The van der Waals surface area contributed by atoms with Crippen LogP contribution in [0.2, 0.25) is 0 Å². The van der Waals surface area contributed by atoms with Crippen LogP contribution in [0.4, 0.5) is 5.13 Å². The Labute approximate surface area is 226 Å². The van der Waals surface area contributed by atoms with Crippen LogP contribution in [0.25, 0.3) is 10.2 Å². The molecule has 2 aromatic heterocycles. The maximum absolute atomic E-state index is 14.0. The van der Waals surface area contributed by atoms with E-state index in [2.05, 4.69) is 18.7 Å². The first-order valence-corrected chi connectivity index (χ1v) is 15.8. The van der Waals surface area contributed by atoms with Gasteiger partial charge < -0.3 is 4.90 Å². The molecule has 0 spiro atoms. The summed E-state index contributed by atoms with van der Waals surface area (Å²) in [4.78, 5) is 23.9. The zero-order valence-electron chi connectivity index (χ0n) is 20.0. The van der Waals surface area contributed by atoms with Crippen molar-refractivity contribution >= 4 is 78.1 Å². The number of carbonyl (C=O) groups is 1. The molecule has 3 aromatic rings. The number of carbonyl (C=O) groups excluding carboxylic acids is 1. The molecule has 7 nitrogen and oxygen atoms in total. The number of thiazole rings is 1. The molecule has 35 heavy (non-hydrogen) atoms. The Kier molecular flexibility index (Phi) is 10.0. The quantitative estimate of drug-likeness (QED) is 0.316. The van der Waals surface area contributed by atoms with E-state index in [9.17, 15) is 13.2 Å². The molecule has 1 amide bonds. The number of thiophene rings is 1. The lowest BCUT2D eigenvalue weighted by atomic mass is 10.2. The van der Waals surface area contributed by atoms with Gasteiger partial charge in [0.1, 0.15) is 10.3 Å². The third kappa shape index (κ3) is 5.87. The predicted molar refractivity (Wildman–Crippen MR) is 150 cm³/mol. The van der Waals surface area contributed by atoms with E-state index in [1.54, 1.807) is 34.2 Å². The van der Waals surface area contributed by atoms with Crippen molar-refractivity contribution in [2.45, 2.75) is 41.8 Å². The number of fused-ring (bicyclic) bond motifs is 1. The lowest BCUT2D eigenvalue weighted by Gasteiger charge is -2.29. The Balaban J connectivity index is 0.00000342. The molecule has 0 N–H and O–H groups in total. The van der Waals surface area contributed by atoms with E-state index in [0.29, 0.717) is 37.6 Å². The fraction of sp³-hybridized carbons (Fsp3) is 0.478. The third-order valence-corrected chi connectivity index (χ3v) is 11.3. The molecular weight excluding hydrogens is 544 g/mol. The number of rotatable bonds is 10. The Morgan fingerprint density at radius 3 is 2.63 bits per heavy atom. The maximum atomic E-state index is 14.0. The van der Waals surface area contributed by atoms with Gasteiger partial charge in [-0.25, -0.2) is 13.4 Å². The topological polar surface area (TPSA) is 73.8 Å². The van der Waals surface area contributed by atoms with E-state index in [-0.39, 0.29) is 22.5 Å². The van der Waals surface area contributed by atoms with Crippen molar-refractivity contribution in [3.8, 4) is 0 Å². The summed E-state index contributed by atoms with van der Waals surface area (Å²) in [5.41, 5.74) is 0.894. The van der Waals surface area contributed by atoms with Crippen LogP contribution in [-0.2, 0) is 14.8 Å². The van der Waals surface area contributed by atoms with Crippen molar-refractivity contribution in [1.29, 1.82) is 0 Å². The molecule has 0 radical (unpaired) electrons. The zero-order chi connectivity index (χ0) is 24.3. The van der Waals surface area contributed by atoms with Gasteiger partial charge in [0.05, 0.1) is 10.2 Å². The second kappa shape index (κ2) is 12.4. The van der Waals surface area contributed by atoms with Crippen molar-refractivity contribution in [3.05, 3.63) is 35.7 Å². The van der Waals surface area contributed by atoms with E-state index in [1.807, 2.05) is 24.5 Å². The normalized spacial score (nSPS) is 16.6. The molecule has 3 heterocycles. The summed E-state index contributed by atoms with van der Waals surface area (Å²) in [5, 5.41) is 2.38. The van der Waals surface area contributed by atoms with Crippen LogP contribution in [0.15, 0.2) is 44.8 Å². The summed E-state index contributed by atoms with van der Waals surface area (Å²) < 4.78 is 29.3. The summed E-state index contributed by atoms with van der Waals surface area (Å²) in [5.74, 6) is -0.186. The number of aromatic nitrogens is 1. The Hall–Kier alpha value is -1.21. The van der Waals surface area contributed by atoms with Crippen LogP contribution >= 0.6 is 46.8 Å². The fourth-order valence-electron chi connectivity index (χ4n) is 4.25. The molecule has 1 aliphatic heterocycles. The summed E-state index contributed by atoms with van der Waals surface area (Å²) in [6.45, 7) is 7.51. The maximum Gasteiger partial charge on any atom is 0.253 e. The summed E-state index contributed by atoms with van der Waals surface area (Å²) in [6.07, 6.45) is 3.20. The number of amides is 1. The highest BCUT2D eigenvalue weighted by atomic mass is 35.5. The van der Waals surface area contributed by atoms with Crippen LogP contribution in [0.1, 0.15) is 26.7 Å². The van der Waals surface area contributed by atoms with Crippen LogP contribution in [-0.4, -0.2) is 73.5 Å². The number of hydrogen-bond acceptors (Lipinski definition) is 8. The fourth-order valence-corrected chi connectivity index (χ4v) is 8.68. The second-order valence-corrected chi connectivity index (χ2v) is 12.9. The standard InChI is InChI=1S/C23H30N4O3S4.ClH/c1-4-25(5-2)14-15-26(23-24-21-18(31-3)10-6-11-19(21)33-23)22(28)17-9-7-13-27(17)34(29,30)20-12-8-16-32-20;/h6,8,10-12,16-17H,4-5,7,9,13-15H2,1-3H3;1H. The number of thioether (sulfide) groups is 1. The van der Waals surface area contributed by atoms with Gasteiger partial charge in [0.25, 0.3) is 10.0 Å². The molecule has 0 bridgehead atoms. The molecule has 1 aliphatic rings. The minimum absolute atomic E-state index is 0. The zero-order valence-corrected chi connectivity index (χ0v) is 24.1. The first-order valence-electron chi connectivity index (χ1n) is 11.4. The summed E-state index contributed by atoms with van der Waals surface area (Å²) in [6, 6.07) is 8.68. The minimum Gasteiger partial charge on any atom is -0.302 e. The molecule has 1 unspecified atom stereocenters. The van der Waals surface area contributed by atoms with Gasteiger partial charge >= 0.3 is 0 Å². The minimum atomic E-state index is -3.71. The van der Waals surface area contributed by atoms with E-state index in [1.165, 1.54) is 27.0 Å². The van der Waals surface area contributed by atoms with Gasteiger partial charge in [-0.2, -0.15) is 4.31 Å². The van der Waals surface area contributed by atoms with E-state index < -0.39 is 16.1 Å². The summed E-state index contributed by atoms with van der Waals surface area (Å²) >= 11 is 4.31. The number of para-hydroxylation sites is 1. The molecule has 192 valence electrons. The number of benzene rings is 1. The number of hydrogen-bond donors (Lipinski definition) is 0. The molecule has 1 saturated heterocycles. The largest absolute Gasteiger partial charge is 0.302 e. The molecular formula is C23H31ClN4O3S4. The number of nitrogens with zero attached hydrogens (tertiary/aromatic N) is 4. The number of likely N-dealkylation sites (N-methyl/N-ethyl adjacent to an activating group) is 1. The molecule has 1 fully saturated rings. The Morgan fingerprint density at radius 1 is 1.20 bits per heavy atom. The van der Waals surface area contributed by atoms with Crippen LogP contribution in [0.5, 0.6) is 0 Å². The molecule has 0 aliphatic carbocycles. The monoisotopic (exact) mass is 574 g/mol. The van der Waals surface area contributed by atoms with Crippen molar-refractivity contribution in [2.24, 2.45) is 0 Å². The van der Waals surface area contributed by atoms with Gasteiger partial charge in [-0.15, -0.1) is 35.5 Å². The molecule has 1 atom stereocenters. The smallest absolute Gasteiger partial charge is 0.253 e. The van der Waals surface area contributed by atoms with Crippen LogP contribution in [0.3, 0.4) is 0 Å². The van der Waals surface area contributed by atoms with E-state index in [0.717, 1.165) is 28.2 Å². The first kappa shape index (κ1) is 28.4. The van der Waals surface area contributed by atoms with Gasteiger partial charge in [-0.3, -0.25) is 9.69 Å². The van der Waals surface area contributed by atoms with Crippen molar-refractivity contribution in [2.75, 3.05) is 43.9 Å². The molecule has 0 saturated carbocycles. The highest BCUT2D eigenvalue weighted by Crippen LogP contribution is 2.36. The van der Waals surface area contributed by atoms with Gasteiger partial charge in [-0.1, -0.05) is 37.3 Å². The van der Waals surface area contributed by atoms with Crippen molar-refractivity contribution in [1.82, 2.24) is 14.2 Å². The SMILES string of the molecule is CCN(CC)CCN(C(=O)C1CCCN1S(=O)(=O)c1cccs1)c1nc2c(SC)cccc2s1.Cl. The predicted octanol–water partition coefficient (Wildman–Crippen LogP) is 5.03. The first-order chi connectivity index (χ1) is 16.4. The van der Waals surface area contributed by atoms with Crippen molar-refractivity contribution in [3.63, 3.8) is 0 Å².